The van der Waals surface area contributed by atoms with Crippen LogP contribution in [0, 0.1) is 19.7 Å². The summed E-state index contributed by atoms with van der Waals surface area (Å²) >= 11 is 6.34. The van der Waals surface area contributed by atoms with Crippen molar-refractivity contribution in [3.05, 3.63) is 51.6 Å². The minimum absolute atomic E-state index is 0.0539. The fraction of sp³-hybridized carbons (Fsp3) is 0.381. The van der Waals surface area contributed by atoms with Gasteiger partial charge in [0.25, 0.3) is 17.6 Å². The highest BCUT2D eigenvalue weighted by Gasteiger charge is 2.33. The second kappa shape index (κ2) is 8.57. The zero-order valence-electron chi connectivity index (χ0n) is 16.9. The second-order valence-electron chi connectivity index (χ2n) is 7.51. The van der Waals surface area contributed by atoms with E-state index in [-0.39, 0.29) is 16.3 Å². The normalized spacial score (nSPS) is 18.3. The molecule has 0 bridgehead atoms. The lowest BCUT2D eigenvalue weighted by atomic mass is 10.1. The third-order valence-corrected chi connectivity index (χ3v) is 5.86. The van der Waals surface area contributed by atoms with E-state index in [1.54, 1.807) is 13.8 Å². The van der Waals surface area contributed by atoms with E-state index in [0.717, 1.165) is 6.42 Å². The average molecular weight is 436 g/mol. The lowest BCUT2D eigenvalue weighted by Crippen LogP contribution is -2.43. The molecule has 7 nitrogen and oxygen atoms in total. The Bertz CT molecular complexity index is 1030. The van der Waals surface area contributed by atoms with Crippen molar-refractivity contribution in [2.75, 3.05) is 5.32 Å². The molecule has 1 heterocycles. The number of Topliss-reactive ketones (excluding diaryl/α,β-unsaturated/α-hetero) is 1. The van der Waals surface area contributed by atoms with Gasteiger partial charge in [0, 0.05) is 18.4 Å². The molecule has 2 aromatic rings. The zero-order chi connectivity index (χ0) is 22.2. The summed E-state index contributed by atoms with van der Waals surface area (Å²) in [5, 5.41) is 14.9. The van der Waals surface area contributed by atoms with Crippen molar-refractivity contribution in [1.29, 1.82) is 0 Å². The number of aliphatic hydroxyl groups excluding tert-OH is 1. The first-order chi connectivity index (χ1) is 14.1. The Balaban J connectivity index is 1.85. The van der Waals surface area contributed by atoms with Crippen molar-refractivity contribution in [2.45, 2.75) is 45.3 Å². The van der Waals surface area contributed by atoms with Crippen LogP contribution in [-0.4, -0.2) is 39.4 Å². The SMILES string of the molecule is Cc1cc(NC(=O)c2c(Cl)c(C(=O)C(=O)NC3CCC[C@@H]3O)n(C)c2C)ccc1F. The molecule has 0 radical (unpaired) electrons. The summed E-state index contributed by atoms with van der Waals surface area (Å²) in [6, 6.07) is 3.65. The van der Waals surface area contributed by atoms with Gasteiger partial charge in [0.15, 0.2) is 0 Å². The van der Waals surface area contributed by atoms with Gasteiger partial charge in [-0.3, -0.25) is 14.4 Å². The van der Waals surface area contributed by atoms with E-state index < -0.39 is 35.6 Å². The third kappa shape index (κ3) is 4.11. The first kappa shape index (κ1) is 22.0. The topological polar surface area (TPSA) is 100 Å². The molecule has 1 aromatic heterocycles. The maximum absolute atomic E-state index is 13.4. The molecular weight excluding hydrogens is 413 g/mol. The second-order valence-corrected chi connectivity index (χ2v) is 7.89. The average Bonchev–Trinajstić information content (AvgIpc) is 3.18. The van der Waals surface area contributed by atoms with Crippen molar-refractivity contribution in [1.82, 2.24) is 9.88 Å². The van der Waals surface area contributed by atoms with Crippen LogP contribution in [-0.2, 0) is 11.8 Å². The Hall–Kier alpha value is -2.71. The summed E-state index contributed by atoms with van der Waals surface area (Å²) in [4.78, 5) is 37.9. The van der Waals surface area contributed by atoms with Crippen LogP contribution >= 0.6 is 11.6 Å². The fourth-order valence-electron chi connectivity index (χ4n) is 3.64. The van der Waals surface area contributed by atoms with E-state index in [1.807, 2.05) is 0 Å². The Morgan fingerprint density at radius 1 is 1.23 bits per heavy atom. The molecule has 2 amide bonds. The molecule has 0 saturated heterocycles. The maximum atomic E-state index is 13.4. The summed E-state index contributed by atoms with van der Waals surface area (Å²) in [5.74, 6) is -2.75. The highest BCUT2D eigenvalue weighted by atomic mass is 35.5. The number of halogens is 2. The van der Waals surface area contributed by atoms with Gasteiger partial charge in [-0.2, -0.15) is 0 Å². The number of hydrogen-bond acceptors (Lipinski definition) is 4. The number of aromatic nitrogens is 1. The number of nitrogens with zero attached hydrogens (tertiary/aromatic N) is 1. The van der Waals surface area contributed by atoms with Crippen molar-refractivity contribution in [2.24, 2.45) is 7.05 Å². The Morgan fingerprint density at radius 2 is 1.93 bits per heavy atom. The van der Waals surface area contributed by atoms with Crippen LogP contribution in [0.1, 0.15) is 51.4 Å². The first-order valence-corrected chi connectivity index (χ1v) is 9.95. The van der Waals surface area contributed by atoms with E-state index >= 15 is 0 Å². The number of carbonyl (C=O) groups is 3. The summed E-state index contributed by atoms with van der Waals surface area (Å²) < 4.78 is 14.8. The molecule has 1 saturated carbocycles. The number of aliphatic hydroxyl groups is 1. The minimum Gasteiger partial charge on any atom is -0.391 e. The predicted molar refractivity (Wildman–Crippen MR) is 110 cm³/mol. The van der Waals surface area contributed by atoms with Crippen LogP contribution < -0.4 is 10.6 Å². The van der Waals surface area contributed by atoms with Crippen LogP contribution in [0.2, 0.25) is 5.02 Å². The van der Waals surface area contributed by atoms with Gasteiger partial charge in [-0.1, -0.05) is 11.6 Å². The monoisotopic (exact) mass is 435 g/mol. The lowest BCUT2D eigenvalue weighted by Gasteiger charge is -2.16. The van der Waals surface area contributed by atoms with Gasteiger partial charge >= 0.3 is 0 Å². The van der Waals surface area contributed by atoms with E-state index in [1.165, 1.54) is 29.8 Å². The van der Waals surface area contributed by atoms with Crippen LogP contribution in [0.15, 0.2) is 18.2 Å². The molecule has 30 heavy (non-hydrogen) atoms. The van der Waals surface area contributed by atoms with Gasteiger partial charge in [0.2, 0.25) is 0 Å². The first-order valence-electron chi connectivity index (χ1n) is 9.57. The van der Waals surface area contributed by atoms with Crippen LogP contribution in [0.3, 0.4) is 0 Å². The number of amides is 2. The van der Waals surface area contributed by atoms with E-state index in [4.69, 9.17) is 11.6 Å². The minimum atomic E-state index is -0.888. The van der Waals surface area contributed by atoms with Crippen molar-refractivity contribution < 1.29 is 23.9 Å². The summed E-state index contributed by atoms with van der Waals surface area (Å²) in [6.45, 7) is 3.18. The van der Waals surface area contributed by atoms with Crippen LogP contribution in [0.5, 0.6) is 0 Å². The number of benzene rings is 1. The highest BCUT2D eigenvalue weighted by molar-refractivity contribution is 6.48. The number of anilines is 1. The molecule has 1 aliphatic carbocycles. The highest BCUT2D eigenvalue weighted by Crippen LogP contribution is 2.29. The Kier molecular flexibility index (Phi) is 6.28. The summed E-state index contributed by atoms with van der Waals surface area (Å²) in [7, 11) is 1.53. The largest absolute Gasteiger partial charge is 0.391 e. The number of hydrogen-bond donors (Lipinski definition) is 3. The molecule has 3 N–H and O–H groups in total. The van der Waals surface area contributed by atoms with Crippen molar-refractivity contribution >= 4 is 34.9 Å². The number of aryl methyl sites for hydroxylation is 1. The number of nitrogens with one attached hydrogen (secondary N) is 2. The van der Waals surface area contributed by atoms with Gasteiger partial charge in [0.1, 0.15) is 11.5 Å². The molecule has 1 aliphatic rings. The van der Waals surface area contributed by atoms with Crippen molar-refractivity contribution in [3.8, 4) is 0 Å². The third-order valence-electron chi connectivity index (χ3n) is 5.49. The molecule has 3 rings (SSSR count). The Morgan fingerprint density at radius 3 is 2.53 bits per heavy atom. The van der Waals surface area contributed by atoms with Crippen LogP contribution in [0.4, 0.5) is 10.1 Å². The van der Waals surface area contributed by atoms with E-state index in [0.29, 0.717) is 29.8 Å². The molecule has 0 aliphatic heterocycles. The van der Waals surface area contributed by atoms with Gasteiger partial charge in [-0.05, 0) is 56.9 Å². The molecule has 2 atom stereocenters. The molecule has 0 spiro atoms. The fourth-order valence-corrected chi connectivity index (χ4v) is 4.08. The van der Waals surface area contributed by atoms with Crippen LogP contribution in [0.25, 0.3) is 0 Å². The van der Waals surface area contributed by atoms with Gasteiger partial charge in [0.05, 0.1) is 22.7 Å². The Labute approximate surface area is 178 Å². The molecule has 9 heteroatoms. The van der Waals surface area contributed by atoms with Crippen molar-refractivity contribution in [3.63, 3.8) is 0 Å². The summed E-state index contributed by atoms with van der Waals surface area (Å²) in [5.41, 5.74) is 1.08. The summed E-state index contributed by atoms with van der Waals surface area (Å²) in [6.07, 6.45) is 1.23. The zero-order valence-corrected chi connectivity index (χ0v) is 17.6. The maximum Gasteiger partial charge on any atom is 0.294 e. The molecule has 1 aromatic carbocycles. The smallest absolute Gasteiger partial charge is 0.294 e. The number of ketones is 1. The van der Waals surface area contributed by atoms with Gasteiger partial charge in [-0.15, -0.1) is 0 Å². The standard InChI is InChI=1S/C21H23ClFN3O4/c1-10-9-12(7-8-13(10)23)24-20(29)16-11(2)26(3)18(17(16)22)19(28)21(30)25-14-5-4-6-15(14)27/h7-9,14-15,27H,4-6H2,1-3H3,(H,24,29)(H,25,30)/t14?,15-/m0/s1. The lowest BCUT2D eigenvalue weighted by molar-refractivity contribution is -0.118. The molecule has 1 fully saturated rings. The van der Waals surface area contributed by atoms with E-state index in [9.17, 15) is 23.9 Å². The quantitative estimate of drug-likeness (QED) is 0.496. The molecule has 160 valence electrons. The molecule has 1 unspecified atom stereocenters. The van der Waals surface area contributed by atoms with Gasteiger partial charge < -0.3 is 20.3 Å². The predicted octanol–water partition coefficient (Wildman–Crippen LogP) is 2.90. The number of rotatable bonds is 5. The number of carbonyl (C=O) groups excluding carboxylic acids is 3. The van der Waals surface area contributed by atoms with E-state index in [2.05, 4.69) is 10.6 Å². The van der Waals surface area contributed by atoms with Gasteiger partial charge in [-0.25, -0.2) is 4.39 Å². The molecular formula is C21H23ClFN3O4.